The third kappa shape index (κ3) is 3.91. The summed E-state index contributed by atoms with van der Waals surface area (Å²) in [5, 5.41) is 11.9. The molecule has 0 bridgehead atoms. The Bertz CT molecular complexity index is 1140. The molecule has 8 heteroatoms. The van der Waals surface area contributed by atoms with E-state index in [1.807, 2.05) is 18.2 Å². The quantitative estimate of drug-likeness (QED) is 0.367. The van der Waals surface area contributed by atoms with Crippen molar-refractivity contribution >= 4 is 28.5 Å². The van der Waals surface area contributed by atoms with Crippen molar-refractivity contribution in [2.75, 3.05) is 7.11 Å². The molecule has 0 aliphatic rings. The number of methoxy groups -OCH3 is 1. The fourth-order valence-corrected chi connectivity index (χ4v) is 3.07. The number of rotatable bonds is 5. The summed E-state index contributed by atoms with van der Waals surface area (Å²) >= 11 is 0. The largest absolute Gasteiger partial charge is 0.465 e. The first-order valence-electron chi connectivity index (χ1n) is 8.72. The van der Waals surface area contributed by atoms with Gasteiger partial charge in [0.15, 0.2) is 0 Å². The summed E-state index contributed by atoms with van der Waals surface area (Å²) in [7, 11) is 1.26. The summed E-state index contributed by atoms with van der Waals surface area (Å²) in [6, 6.07) is 11.4. The number of nitrogens with zero attached hydrogens (tertiary/aromatic N) is 2. The van der Waals surface area contributed by atoms with Crippen LogP contribution >= 0.6 is 0 Å². The van der Waals surface area contributed by atoms with E-state index in [9.17, 15) is 19.7 Å². The topological polar surface area (TPSA) is 109 Å². The van der Waals surface area contributed by atoms with Crippen molar-refractivity contribution in [1.29, 1.82) is 0 Å². The standard InChI is InChI=1S/C21H18N2O6/c1-12-8-9-14(10-18(12)23(26)27)20(24)29-11-17-19(21(25)28-3)13(2)15-6-4-5-7-16(15)22-17/h4-10H,11H2,1-3H3. The fraction of sp³-hybridized carbons (Fsp3) is 0.190. The lowest BCUT2D eigenvalue weighted by Gasteiger charge is -2.13. The summed E-state index contributed by atoms with van der Waals surface area (Å²) in [6.07, 6.45) is 0. The molecule has 0 unspecified atom stereocenters. The van der Waals surface area contributed by atoms with Gasteiger partial charge in [0.1, 0.15) is 6.61 Å². The van der Waals surface area contributed by atoms with E-state index in [0.29, 0.717) is 16.6 Å². The van der Waals surface area contributed by atoms with Crippen molar-refractivity contribution in [3.05, 3.63) is 80.5 Å². The van der Waals surface area contributed by atoms with Gasteiger partial charge in [0.05, 0.1) is 34.4 Å². The van der Waals surface area contributed by atoms with Crippen molar-refractivity contribution in [3.63, 3.8) is 0 Å². The Labute approximate surface area is 166 Å². The van der Waals surface area contributed by atoms with Crippen LogP contribution in [0, 0.1) is 24.0 Å². The van der Waals surface area contributed by atoms with Crippen LogP contribution < -0.4 is 0 Å². The number of aryl methyl sites for hydroxylation is 2. The maximum Gasteiger partial charge on any atom is 0.340 e. The Morgan fingerprint density at radius 2 is 1.83 bits per heavy atom. The second-order valence-electron chi connectivity index (χ2n) is 6.40. The van der Waals surface area contributed by atoms with Crippen LogP contribution in [0.3, 0.4) is 0 Å². The molecule has 0 spiro atoms. The fourth-order valence-electron chi connectivity index (χ4n) is 3.07. The number of aromatic nitrogens is 1. The number of nitro groups is 1. The molecule has 29 heavy (non-hydrogen) atoms. The van der Waals surface area contributed by atoms with Crippen LogP contribution in [0.25, 0.3) is 10.9 Å². The molecule has 0 atom stereocenters. The third-order valence-corrected chi connectivity index (χ3v) is 4.60. The molecule has 1 aromatic heterocycles. The predicted octanol–water partition coefficient (Wildman–Crippen LogP) is 3.90. The Morgan fingerprint density at radius 1 is 1.10 bits per heavy atom. The number of carbonyl (C=O) groups excluding carboxylic acids is 2. The van der Waals surface area contributed by atoms with E-state index in [2.05, 4.69) is 4.98 Å². The van der Waals surface area contributed by atoms with Gasteiger partial charge in [-0.2, -0.15) is 0 Å². The maximum absolute atomic E-state index is 12.4. The van der Waals surface area contributed by atoms with E-state index in [1.54, 1.807) is 19.9 Å². The van der Waals surface area contributed by atoms with Crippen LogP contribution in [0.4, 0.5) is 5.69 Å². The number of fused-ring (bicyclic) bond motifs is 1. The molecule has 0 saturated carbocycles. The molecule has 1 heterocycles. The number of esters is 2. The molecular formula is C21H18N2O6. The van der Waals surface area contributed by atoms with Crippen molar-refractivity contribution in [2.45, 2.75) is 20.5 Å². The summed E-state index contributed by atoms with van der Waals surface area (Å²) in [6.45, 7) is 3.07. The number of benzene rings is 2. The Kier molecular flexibility index (Phi) is 5.54. The summed E-state index contributed by atoms with van der Waals surface area (Å²) in [4.78, 5) is 39.7. The first-order valence-corrected chi connectivity index (χ1v) is 8.72. The van der Waals surface area contributed by atoms with Crippen LogP contribution in [0.2, 0.25) is 0 Å². The number of hydrogen-bond acceptors (Lipinski definition) is 7. The Balaban J connectivity index is 1.94. The molecule has 0 N–H and O–H groups in total. The van der Waals surface area contributed by atoms with Gasteiger partial charge in [-0.25, -0.2) is 14.6 Å². The lowest BCUT2D eigenvalue weighted by molar-refractivity contribution is -0.385. The van der Waals surface area contributed by atoms with Crippen molar-refractivity contribution in [1.82, 2.24) is 4.98 Å². The summed E-state index contributed by atoms with van der Waals surface area (Å²) in [5.41, 5.74) is 2.10. The van der Waals surface area contributed by atoms with Crippen LogP contribution in [0.1, 0.15) is 37.5 Å². The van der Waals surface area contributed by atoms with Gasteiger partial charge in [-0.3, -0.25) is 10.1 Å². The lowest BCUT2D eigenvalue weighted by Crippen LogP contribution is -2.14. The number of ether oxygens (including phenoxy) is 2. The first kappa shape index (κ1) is 19.9. The maximum atomic E-state index is 12.4. The van der Waals surface area contributed by atoms with Gasteiger partial charge in [-0.15, -0.1) is 0 Å². The summed E-state index contributed by atoms with van der Waals surface area (Å²) < 4.78 is 10.2. The lowest BCUT2D eigenvalue weighted by atomic mass is 10.0. The van der Waals surface area contributed by atoms with Gasteiger partial charge in [0.2, 0.25) is 0 Å². The smallest absolute Gasteiger partial charge is 0.340 e. The normalized spacial score (nSPS) is 10.6. The minimum Gasteiger partial charge on any atom is -0.465 e. The number of carbonyl (C=O) groups is 2. The molecule has 0 saturated heterocycles. The molecule has 0 amide bonds. The molecule has 0 aliphatic carbocycles. The highest BCUT2D eigenvalue weighted by molar-refractivity contribution is 5.98. The van der Waals surface area contributed by atoms with Gasteiger partial charge in [-0.05, 0) is 31.5 Å². The zero-order chi connectivity index (χ0) is 21.1. The molecular weight excluding hydrogens is 376 g/mol. The van der Waals surface area contributed by atoms with Crippen LogP contribution in [0.15, 0.2) is 42.5 Å². The molecule has 0 aliphatic heterocycles. The van der Waals surface area contributed by atoms with E-state index >= 15 is 0 Å². The minimum atomic E-state index is -0.753. The summed E-state index contributed by atoms with van der Waals surface area (Å²) in [5.74, 6) is -1.34. The zero-order valence-corrected chi connectivity index (χ0v) is 16.1. The molecule has 0 radical (unpaired) electrons. The van der Waals surface area contributed by atoms with E-state index < -0.39 is 16.9 Å². The van der Waals surface area contributed by atoms with Crippen LogP contribution in [-0.2, 0) is 16.1 Å². The number of nitro benzene ring substituents is 1. The van der Waals surface area contributed by atoms with E-state index in [0.717, 1.165) is 11.5 Å². The highest BCUT2D eigenvalue weighted by Gasteiger charge is 2.21. The minimum absolute atomic E-state index is 0.0411. The molecule has 3 rings (SSSR count). The highest BCUT2D eigenvalue weighted by Crippen LogP contribution is 2.25. The predicted molar refractivity (Wildman–Crippen MR) is 105 cm³/mol. The van der Waals surface area contributed by atoms with Crippen molar-refractivity contribution < 1.29 is 24.0 Å². The second kappa shape index (κ2) is 8.05. The van der Waals surface area contributed by atoms with Crippen molar-refractivity contribution in [2.24, 2.45) is 0 Å². The monoisotopic (exact) mass is 394 g/mol. The van der Waals surface area contributed by atoms with Crippen LogP contribution in [-0.4, -0.2) is 29.0 Å². The van der Waals surface area contributed by atoms with Gasteiger partial charge in [0.25, 0.3) is 5.69 Å². The Hall–Kier alpha value is -3.81. The SMILES string of the molecule is COC(=O)c1c(COC(=O)c2ccc(C)c([N+](=O)[O-])c2)nc2ccccc2c1C. The van der Waals surface area contributed by atoms with E-state index in [4.69, 9.17) is 9.47 Å². The third-order valence-electron chi connectivity index (χ3n) is 4.60. The molecule has 148 valence electrons. The first-order chi connectivity index (χ1) is 13.8. The molecule has 2 aromatic carbocycles. The molecule has 3 aromatic rings. The molecule has 0 fully saturated rings. The van der Waals surface area contributed by atoms with Gasteiger partial charge >= 0.3 is 11.9 Å². The number of hydrogen-bond donors (Lipinski definition) is 0. The number of para-hydroxylation sites is 1. The number of pyridine rings is 1. The second-order valence-corrected chi connectivity index (χ2v) is 6.40. The van der Waals surface area contributed by atoms with E-state index in [-0.39, 0.29) is 29.1 Å². The zero-order valence-electron chi connectivity index (χ0n) is 16.1. The average Bonchev–Trinajstić information content (AvgIpc) is 2.71. The average molecular weight is 394 g/mol. The van der Waals surface area contributed by atoms with Gasteiger partial charge < -0.3 is 9.47 Å². The van der Waals surface area contributed by atoms with Gasteiger partial charge in [0, 0.05) is 17.0 Å². The molecule has 8 nitrogen and oxygen atoms in total. The van der Waals surface area contributed by atoms with E-state index in [1.165, 1.54) is 19.2 Å². The van der Waals surface area contributed by atoms with Gasteiger partial charge in [-0.1, -0.05) is 24.3 Å². The van der Waals surface area contributed by atoms with Crippen LogP contribution in [0.5, 0.6) is 0 Å². The van der Waals surface area contributed by atoms with Crippen molar-refractivity contribution in [3.8, 4) is 0 Å². The Morgan fingerprint density at radius 3 is 2.52 bits per heavy atom. The highest BCUT2D eigenvalue weighted by atomic mass is 16.6.